The third kappa shape index (κ3) is 8.22. The molecule has 1 fully saturated rings. The number of esters is 2. The van der Waals surface area contributed by atoms with Crippen molar-refractivity contribution in [2.45, 2.75) is 90.2 Å². The van der Waals surface area contributed by atoms with Gasteiger partial charge in [0.15, 0.2) is 17.7 Å². The number of aromatic nitrogens is 2. The second-order valence-electron chi connectivity index (χ2n) is 9.33. The van der Waals surface area contributed by atoms with E-state index in [1.807, 2.05) is 0 Å². The Morgan fingerprint density at radius 3 is 2.10 bits per heavy atom. The van der Waals surface area contributed by atoms with Gasteiger partial charge in [-0.1, -0.05) is 0 Å². The summed E-state index contributed by atoms with van der Waals surface area (Å²) in [6.45, 7) is 7.86. The molecule has 0 unspecified atom stereocenters. The van der Waals surface area contributed by atoms with Gasteiger partial charge in [-0.15, -0.1) is 0 Å². The van der Waals surface area contributed by atoms with Crippen LogP contribution in [0.1, 0.15) is 47.8 Å². The third-order valence-electron chi connectivity index (χ3n) is 5.12. The number of nitrogens with one attached hydrogen (secondary N) is 2. The van der Waals surface area contributed by atoms with Crippen LogP contribution in [-0.2, 0) is 32.9 Å². The third-order valence-corrected chi connectivity index (χ3v) is 7.09. The molecule has 5 N–H and O–H groups in total. The molecule has 0 amide bonds. The maximum absolute atomic E-state index is 14.9. The van der Waals surface area contributed by atoms with Gasteiger partial charge in [0, 0.05) is 0 Å². The fourth-order valence-corrected chi connectivity index (χ4v) is 5.12. The number of aliphatic hydroxyl groups excluding tert-OH is 1. The predicted octanol–water partition coefficient (Wildman–Crippen LogP) is 0.842. The van der Waals surface area contributed by atoms with E-state index >= 15 is 0 Å². The van der Waals surface area contributed by atoms with E-state index in [1.54, 1.807) is 27.7 Å². The molecule has 1 aromatic heterocycles. The smallest absolute Gasteiger partial charge is 0.352 e. The number of rotatable bonds is 12. The van der Waals surface area contributed by atoms with Gasteiger partial charge in [-0.2, -0.15) is 13.8 Å². The maximum Gasteiger partial charge on any atom is 0.352 e. The summed E-state index contributed by atoms with van der Waals surface area (Å²) in [5.74, 6) is -7.95. The first-order valence-electron chi connectivity index (χ1n) is 11.8. The van der Waals surface area contributed by atoms with Crippen molar-refractivity contribution in [3.05, 3.63) is 22.5 Å². The van der Waals surface area contributed by atoms with E-state index in [-0.39, 0.29) is 4.57 Å². The maximum atomic E-state index is 14.9. The summed E-state index contributed by atoms with van der Waals surface area (Å²) in [6.07, 6.45) is -7.74. The Hall–Kier alpha value is -2.56. The standard InChI is InChI=1S/C21H33F3N5O9P/c1-9(2)36-17(31)11(5)27-39(34,28-12(6)18(32)37-10(3)4)35-8-14-15(30)21(23,24)19(38-14)29-7-13(22)16(25)26-20(29)33/h7,9-12,14-15,19,30H,8H2,1-6H3,(H2,25,26,33)(H2,27,28,34)/t11-,12-,14+,15+,19+/m0/s1. The van der Waals surface area contributed by atoms with Gasteiger partial charge < -0.3 is 29.6 Å². The SMILES string of the molecule is CC(C)OC(=O)[C@H](C)NP(=O)(N[C@@H](C)C(=O)OC(C)C)OC[C@H]1O[C@@H](n2cc(F)c(N)nc2=O)C(F)(F)[C@@H]1O. The van der Waals surface area contributed by atoms with E-state index in [0.29, 0.717) is 6.20 Å². The van der Waals surface area contributed by atoms with Crippen molar-refractivity contribution in [3.63, 3.8) is 0 Å². The van der Waals surface area contributed by atoms with Crippen LogP contribution in [0.15, 0.2) is 11.0 Å². The van der Waals surface area contributed by atoms with Crippen molar-refractivity contribution >= 4 is 25.4 Å². The van der Waals surface area contributed by atoms with E-state index in [0.717, 1.165) is 0 Å². The Labute approximate surface area is 221 Å². The molecule has 14 nitrogen and oxygen atoms in total. The quantitative estimate of drug-likeness (QED) is 0.199. The molecule has 2 heterocycles. The van der Waals surface area contributed by atoms with Crippen LogP contribution in [0.4, 0.5) is 19.0 Å². The molecule has 222 valence electrons. The summed E-state index contributed by atoms with van der Waals surface area (Å²) >= 11 is 0. The van der Waals surface area contributed by atoms with Gasteiger partial charge >= 0.3 is 31.2 Å². The van der Waals surface area contributed by atoms with Crippen LogP contribution in [0, 0.1) is 5.82 Å². The van der Waals surface area contributed by atoms with Crippen molar-refractivity contribution in [1.29, 1.82) is 0 Å². The van der Waals surface area contributed by atoms with Crippen molar-refractivity contribution < 1.29 is 51.2 Å². The second kappa shape index (κ2) is 12.7. The molecule has 0 aromatic carbocycles. The lowest BCUT2D eigenvalue weighted by atomic mass is 10.1. The molecule has 18 heteroatoms. The van der Waals surface area contributed by atoms with Crippen LogP contribution in [0.3, 0.4) is 0 Å². The summed E-state index contributed by atoms with van der Waals surface area (Å²) in [4.78, 5) is 39.6. The molecular formula is C21H33F3N5O9P. The van der Waals surface area contributed by atoms with Crippen molar-refractivity contribution in [3.8, 4) is 0 Å². The number of hydrogen-bond acceptors (Lipinski definition) is 11. The van der Waals surface area contributed by atoms with Gasteiger partial charge in [0.1, 0.15) is 18.2 Å². The zero-order valence-corrected chi connectivity index (χ0v) is 23.0. The molecular weight excluding hydrogens is 554 g/mol. The largest absolute Gasteiger partial charge is 0.462 e. The number of carbonyl (C=O) groups is 2. The number of nitrogens with zero attached hydrogens (tertiary/aromatic N) is 2. The summed E-state index contributed by atoms with van der Waals surface area (Å²) in [5.41, 5.74) is 3.79. The minimum atomic E-state index is -4.46. The van der Waals surface area contributed by atoms with Crippen LogP contribution in [0.5, 0.6) is 0 Å². The summed E-state index contributed by atoms with van der Waals surface area (Å²) in [7, 11) is -4.46. The van der Waals surface area contributed by atoms with Crippen LogP contribution >= 0.6 is 7.67 Å². The van der Waals surface area contributed by atoms with E-state index in [4.69, 9.17) is 24.5 Å². The first-order valence-corrected chi connectivity index (χ1v) is 13.5. The van der Waals surface area contributed by atoms with Gasteiger partial charge in [-0.3, -0.25) is 18.7 Å². The molecule has 0 radical (unpaired) electrons. The highest BCUT2D eigenvalue weighted by Crippen LogP contribution is 2.45. The van der Waals surface area contributed by atoms with Gasteiger partial charge in [0.2, 0.25) is 6.23 Å². The molecule has 1 saturated heterocycles. The lowest BCUT2D eigenvalue weighted by molar-refractivity contribution is -0.149. The molecule has 0 saturated carbocycles. The Morgan fingerprint density at radius 2 is 1.64 bits per heavy atom. The Kier molecular flexibility index (Phi) is 10.7. The Balaban J connectivity index is 2.28. The number of hydrogen-bond donors (Lipinski definition) is 4. The van der Waals surface area contributed by atoms with E-state index in [2.05, 4.69) is 15.2 Å². The molecule has 39 heavy (non-hydrogen) atoms. The highest BCUT2D eigenvalue weighted by Gasteiger charge is 2.60. The number of aliphatic hydroxyl groups is 1. The van der Waals surface area contributed by atoms with Crippen LogP contribution in [0.2, 0.25) is 0 Å². The zero-order valence-electron chi connectivity index (χ0n) is 22.1. The molecule has 1 aliphatic heterocycles. The fraction of sp³-hybridized carbons (Fsp3) is 0.714. The normalized spacial score (nSPS) is 22.6. The number of ether oxygens (including phenoxy) is 3. The van der Waals surface area contributed by atoms with Crippen molar-refractivity contribution in [2.24, 2.45) is 0 Å². The van der Waals surface area contributed by atoms with E-state index in [1.165, 1.54) is 13.8 Å². The summed E-state index contributed by atoms with van der Waals surface area (Å²) in [6, 6.07) is -2.55. The molecule has 1 aliphatic rings. The van der Waals surface area contributed by atoms with Gasteiger partial charge in [0.05, 0.1) is 25.0 Å². The monoisotopic (exact) mass is 587 g/mol. The number of nitrogens with two attached hydrogens (primary N) is 1. The molecule has 5 atom stereocenters. The fourth-order valence-electron chi connectivity index (χ4n) is 3.31. The molecule has 1 aromatic rings. The highest BCUT2D eigenvalue weighted by atomic mass is 31.2. The first-order chi connectivity index (χ1) is 17.9. The topological polar surface area (TPSA) is 193 Å². The number of alkyl halides is 2. The highest BCUT2D eigenvalue weighted by molar-refractivity contribution is 7.54. The van der Waals surface area contributed by atoms with Crippen LogP contribution in [0.25, 0.3) is 0 Å². The van der Waals surface area contributed by atoms with Crippen LogP contribution < -0.4 is 21.6 Å². The zero-order chi connectivity index (χ0) is 29.9. The Bertz CT molecular complexity index is 1120. The van der Waals surface area contributed by atoms with Gasteiger partial charge in [-0.05, 0) is 41.5 Å². The summed E-state index contributed by atoms with van der Waals surface area (Å²) < 4.78 is 77.7. The Morgan fingerprint density at radius 1 is 1.15 bits per heavy atom. The van der Waals surface area contributed by atoms with Crippen molar-refractivity contribution in [2.75, 3.05) is 12.3 Å². The predicted molar refractivity (Wildman–Crippen MR) is 129 cm³/mol. The summed E-state index contributed by atoms with van der Waals surface area (Å²) in [5, 5.41) is 14.9. The lowest BCUT2D eigenvalue weighted by Crippen LogP contribution is -2.44. The van der Waals surface area contributed by atoms with Crippen LogP contribution in [-0.4, -0.2) is 75.6 Å². The average Bonchev–Trinajstić information content (AvgIpc) is 3.02. The number of halogens is 3. The van der Waals surface area contributed by atoms with Gasteiger partial charge in [-0.25, -0.2) is 19.4 Å². The average molecular weight is 587 g/mol. The number of carbonyl (C=O) groups excluding carboxylic acids is 2. The minimum absolute atomic E-state index is 0.110. The molecule has 0 aliphatic carbocycles. The molecule has 0 bridgehead atoms. The molecule has 2 rings (SSSR count). The van der Waals surface area contributed by atoms with E-state index < -0.39 is 92.2 Å². The second-order valence-corrected chi connectivity index (χ2v) is 11.2. The minimum Gasteiger partial charge on any atom is -0.462 e. The molecule has 0 spiro atoms. The van der Waals surface area contributed by atoms with E-state index in [9.17, 15) is 37.2 Å². The number of anilines is 1. The van der Waals surface area contributed by atoms with Gasteiger partial charge in [0.25, 0.3) is 0 Å². The lowest BCUT2D eigenvalue weighted by Gasteiger charge is -2.27. The first kappa shape index (κ1) is 32.7. The van der Waals surface area contributed by atoms with Crippen molar-refractivity contribution in [1.82, 2.24) is 19.7 Å². The number of nitrogen functional groups attached to an aromatic ring is 1.